The van der Waals surface area contributed by atoms with Gasteiger partial charge in [-0.15, -0.1) is 0 Å². The van der Waals surface area contributed by atoms with Gasteiger partial charge >= 0.3 is 0 Å². The summed E-state index contributed by atoms with van der Waals surface area (Å²) in [6.45, 7) is 2.99. The van der Waals surface area contributed by atoms with Gasteiger partial charge in [0.2, 0.25) is 0 Å². The van der Waals surface area contributed by atoms with Crippen LogP contribution in [0.4, 0.5) is 0 Å². The molecule has 0 heterocycles. The van der Waals surface area contributed by atoms with Crippen LogP contribution in [0.25, 0.3) is 0 Å². The topological polar surface area (TPSA) is 61.7 Å². The van der Waals surface area contributed by atoms with Gasteiger partial charge in [-0.3, -0.25) is 0 Å². The Morgan fingerprint density at radius 1 is 1.42 bits per heavy atom. The van der Waals surface area contributed by atoms with Crippen molar-refractivity contribution in [3.05, 3.63) is 28.7 Å². The largest absolute Gasteiger partial charge is 0.491 e. The Morgan fingerprint density at radius 3 is 2.89 bits per heavy atom. The summed E-state index contributed by atoms with van der Waals surface area (Å²) in [5.74, 6) is 0.738. The summed E-state index contributed by atoms with van der Waals surface area (Å²) in [6.07, 6.45) is 1.13. The van der Waals surface area contributed by atoms with E-state index in [1.807, 2.05) is 31.2 Å². The summed E-state index contributed by atoms with van der Waals surface area (Å²) in [6, 6.07) is 7.82. The van der Waals surface area contributed by atoms with Crippen LogP contribution < -0.4 is 10.1 Å². The van der Waals surface area contributed by atoms with Crippen LogP contribution in [-0.4, -0.2) is 42.1 Å². The first-order valence-corrected chi connectivity index (χ1v) is 7.31. The maximum Gasteiger partial charge on any atom is 0.120 e. The molecule has 0 radical (unpaired) electrons. The maximum absolute atomic E-state index is 9.81. The second-order valence-corrected chi connectivity index (χ2v) is 5.51. The van der Waals surface area contributed by atoms with E-state index in [9.17, 15) is 5.11 Å². The van der Waals surface area contributed by atoms with Gasteiger partial charge in [0.05, 0.1) is 0 Å². The van der Waals surface area contributed by atoms with Gasteiger partial charge in [-0.25, -0.2) is 0 Å². The van der Waals surface area contributed by atoms with Crippen LogP contribution in [0, 0.1) is 0 Å². The van der Waals surface area contributed by atoms with Gasteiger partial charge in [-0.05, 0) is 38.0 Å². The number of halogens is 1. The standard InChI is InChI=1S/C14H22BrNO3/c1-11(4-3-7-17)16-9-13(18)10-19-14-6-2-5-12(15)8-14/h2,5-6,8,11,13,16-18H,3-4,7,9-10H2,1H3. The average Bonchev–Trinajstić information content (AvgIpc) is 2.40. The molecule has 0 aliphatic carbocycles. The SMILES string of the molecule is CC(CCCO)NCC(O)COc1cccc(Br)c1. The quantitative estimate of drug-likeness (QED) is 0.647. The first-order valence-electron chi connectivity index (χ1n) is 6.52. The number of ether oxygens (including phenoxy) is 1. The van der Waals surface area contributed by atoms with Crippen LogP contribution in [0.5, 0.6) is 5.75 Å². The molecule has 0 saturated carbocycles. The fourth-order valence-corrected chi connectivity index (χ4v) is 2.02. The van der Waals surface area contributed by atoms with E-state index in [0.29, 0.717) is 6.54 Å². The zero-order chi connectivity index (χ0) is 14.1. The van der Waals surface area contributed by atoms with Gasteiger partial charge in [0, 0.05) is 23.7 Å². The number of benzene rings is 1. The number of rotatable bonds is 9. The van der Waals surface area contributed by atoms with E-state index >= 15 is 0 Å². The number of aliphatic hydroxyl groups excluding tert-OH is 2. The molecule has 0 aliphatic heterocycles. The molecule has 19 heavy (non-hydrogen) atoms. The zero-order valence-electron chi connectivity index (χ0n) is 11.2. The molecule has 5 heteroatoms. The van der Waals surface area contributed by atoms with Crippen LogP contribution in [0.2, 0.25) is 0 Å². The summed E-state index contributed by atoms with van der Waals surface area (Å²) in [7, 11) is 0. The van der Waals surface area contributed by atoms with Crippen molar-refractivity contribution in [1.29, 1.82) is 0 Å². The molecule has 0 amide bonds. The monoisotopic (exact) mass is 331 g/mol. The average molecular weight is 332 g/mol. The van der Waals surface area contributed by atoms with Gasteiger partial charge in [-0.1, -0.05) is 22.0 Å². The predicted molar refractivity (Wildman–Crippen MR) is 79.4 cm³/mol. The lowest BCUT2D eigenvalue weighted by molar-refractivity contribution is 0.103. The van der Waals surface area contributed by atoms with Crippen LogP contribution in [0.15, 0.2) is 28.7 Å². The highest BCUT2D eigenvalue weighted by atomic mass is 79.9. The van der Waals surface area contributed by atoms with Gasteiger partial charge in [-0.2, -0.15) is 0 Å². The Hall–Kier alpha value is -0.620. The summed E-state index contributed by atoms with van der Waals surface area (Å²) in [5.41, 5.74) is 0. The molecule has 0 bridgehead atoms. The molecule has 2 atom stereocenters. The minimum Gasteiger partial charge on any atom is -0.491 e. The molecule has 1 aromatic carbocycles. The lowest BCUT2D eigenvalue weighted by atomic mass is 10.2. The van der Waals surface area contributed by atoms with Gasteiger partial charge in [0.15, 0.2) is 0 Å². The van der Waals surface area contributed by atoms with E-state index in [1.165, 1.54) is 0 Å². The number of nitrogens with one attached hydrogen (secondary N) is 1. The van der Waals surface area contributed by atoms with E-state index in [0.717, 1.165) is 23.1 Å². The smallest absolute Gasteiger partial charge is 0.120 e. The first-order chi connectivity index (χ1) is 9.11. The van der Waals surface area contributed by atoms with Crippen molar-refractivity contribution in [2.75, 3.05) is 19.8 Å². The van der Waals surface area contributed by atoms with E-state index in [4.69, 9.17) is 9.84 Å². The van der Waals surface area contributed by atoms with Crippen LogP contribution in [0.1, 0.15) is 19.8 Å². The Balaban J connectivity index is 2.19. The van der Waals surface area contributed by atoms with Crippen molar-refractivity contribution in [2.45, 2.75) is 31.9 Å². The van der Waals surface area contributed by atoms with E-state index in [1.54, 1.807) is 0 Å². The molecule has 1 rings (SSSR count). The second-order valence-electron chi connectivity index (χ2n) is 4.60. The summed E-state index contributed by atoms with van der Waals surface area (Å²) < 4.78 is 6.46. The molecule has 0 aliphatic rings. The molecular formula is C14H22BrNO3. The highest BCUT2D eigenvalue weighted by Gasteiger charge is 2.08. The van der Waals surface area contributed by atoms with Crippen molar-refractivity contribution in [1.82, 2.24) is 5.32 Å². The van der Waals surface area contributed by atoms with E-state index < -0.39 is 6.10 Å². The summed E-state index contributed by atoms with van der Waals surface area (Å²) >= 11 is 3.37. The Kier molecular flexibility index (Phi) is 8.05. The molecule has 0 saturated heterocycles. The third kappa shape index (κ3) is 7.52. The lowest BCUT2D eigenvalue weighted by Crippen LogP contribution is -2.36. The molecule has 0 aromatic heterocycles. The van der Waals surface area contributed by atoms with Crippen LogP contribution >= 0.6 is 15.9 Å². The Morgan fingerprint density at radius 2 is 2.21 bits per heavy atom. The number of aliphatic hydroxyl groups is 2. The van der Waals surface area contributed by atoms with Gasteiger partial charge < -0.3 is 20.3 Å². The molecular weight excluding hydrogens is 310 g/mol. The zero-order valence-corrected chi connectivity index (χ0v) is 12.8. The molecule has 108 valence electrons. The second kappa shape index (κ2) is 9.31. The first kappa shape index (κ1) is 16.4. The molecule has 1 aromatic rings. The van der Waals surface area contributed by atoms with Crippen molar-refractivity contribution >= 4 is 15.9 Å². The van der Waals surface area contributed by atoms with Crippen LogP contribution in [-0.2, 0) is 0 Å². The lowest BCUT2D eigenvalue weighted by Gasteiger charge is -2.17. The highest BCUT2D eigenvalue weighted by Crippen LogP contribution is 2.17. The number of hydrogen-bond donors (Lipinski definition) is 3. The molecule has 4 nitrogen and oxygen atoms in total. The summed E-state index contributed by atoms with van der Waals surface area (Å²) in [5, 5.41) is 21.7. The molecule has 0 fully saturated rings. The van der Waals surface area contributed by atoms with Gasteiger partial charge in [0.1, 0.15) is 18.5 Å². The van der Waals surface area contributed by atoms with Crippen molar-refractivity contribution in [2.24, 2.45) is 0 Å². The molecule has 0 spiro atoms. The Labute approximate surface area is 122 Å². The maximum atomic E-state index is 9.81. The summed E-state index contributed by atoms with van der Waals surface area (Å²) in [4.78, 5) is 0. The fourth-order valence-electron chi connectivity index (χ4n) is 1.64. The third-order valence-corrected chi connectivity index (χ3v) is 3.23. The third-order valence-electron chi connectivity index (χ3n) is 2.74. The van der Waals surface area contributed by atoms with Crippen molar-refractivity contribution < 1.29 is 14.9 Å². The normalized spacial score (nSPS) is 14.1. The van der Waals surface area contributed by atoms with E-state index in [2.05, 4.69) is 21.2 Å². The Bertz CT molecular complexity index is 362. The molecule has 2 unspecified atom stereocenters. The fraction of sp³-hybridized carbons (Fsp3) is 0.571. The van der Waals surface area contributed by atoms with Crippen LogP contribution in [0.3, 0.4) is 0 Å². The van der Waals surface area contributed by atoms with E-state index in [-0.39, 0.29) is 19.3 Å². The number of hydrogen-bond acceptors (Lipinski definition) is 4. The molecule has 3 N–H and O–H groups in total. The minimum atomic E-state index is -0.546. The predicted octanol–water partition coefficient (Wildman–Crippen LogP) is 1.94. The van der Waals surface area contributed by atoms with Gasteiger partial charge in [0.25, 0.3) is 0 Å². The minimum absolute atomic E-state index is 0.209. The van der Waals surface area contributed by atoms with Crippen molar-refractivity contribution in [3.63, 3.8) is 0 Å². The van der Waals surface area contributed by atoms with Crippen molar-refractivity contribution in [3.8, 4) is 5.75 Å². The highest BCUT2D eigenvalue weighted by molar-refractivity contribution is 9.10.